The van der Waals surface area contributed by atoms with Gasteiger partial charge >= 0.3 is 0 Å². The summed E-state index contributed by atoms with van der Waals surface area (Å²) in [6, 6.07) is 18.1. The van der Waals surface area contributed by atoms with E-state index in [0.29, 0.717) is 5.69 Å². The van der Waals surface area contributed by atoms with Gasteiger partial charge in [0.1, 0.15) is 0 Å². The van der Waals surface area contributed by atoms with Gasteiger partial charge in [-0.05, 0) is 36.6 Å². The van der Waals surface area contributed by atoms with E-state index in [4.69, 9.17) is 0 Å². The summed E-state index contributed by atoms with van der Waals surface area (Å²) in [6.45, 7) is 1.92. The third kappa shape index (κ3) is 2.87. The lowest BCUT2D eigenvalue weighted by molar-refractivity contribution is 0.601. The van der Waals surface area contributed by atoms with Crippen LogP contribution < -0.4 is 4.72 Å². The average Bonchev–Trinajstić information content (AvgIpc) is 2.47. The second-order valence-electron chi connectivity index (χ2n) is 5.06. The van der Waals surface area contributed by atoms with Gasteiger partial charge < -0.3 is 0 Å². The van der Waals surface area contributed by atoms with E-state index < -0.39 is 10.0 Å². The van der Waals surface area contributed by atoms with Gasteiger partial charge in [0.2, 0.25) is 0 Å². The number of nitrogens with one attached hydrogen (secondary N) is 1. The Morgan fingerprint density at radius 3 is 2.23 bits per heavy atom. The summed E-state index contributed by atoms with van der Waals surface area (Å²) in [4.78, 5) is 0.252. The lowest BCUT2D eigenvalue weighted by atomic mass is 10.1. The van der Waals surface area contributed by atoms with Crippen molar-refractivity contribution in [2.24, 2.45) is 0 Å². The zero-order valence-corrected chi connectivity index (χ0v) is 14.3. The van der Waals surface area contributed by atoms with E-state index in [0.717, 1.165) is 20.8 Å². The number of hydrogen-bond acceptors (Lipinski definition) is 2. The molecule has 0 saturated carbocycles. The molecule has 0 aromatic heterocycles. The number of benzene rings is 3. The molecule has 3 rings (SSSR count). The van der Waals surface area contributed by atoms with E-state index in [-0.39, 0.29) is 4.90 Å². The highest BCUT2D eigenvalue weighted by Gasteiger charge is 2.16. The standard InChI is InChI=1S/C17H14BrNO2S/c1-12-8-10-14(11-9-12)22(20,21)19-16-7-3-5-13-4-2-6-15(18)17(13)16/h2-11,19H,1H3. The topological polar surface area (TPSA) is 46.2 Å². The molecule has 0 radical (unpaired) electrons. The molecule has 0 heterocycles. The Morgan fingerprint density at radius 2 is 1.55 bits per heavy atom. The van der Waals surface area contributed by atoms with Crippen LogP contribution in [0.1, 0.15) is 5.56 Å². The molecule has 0 unspecified atom stereocenters. The fourth-order valence-electron chi connectivity index (χ4n) is 2.30. The van der Waals surface area contributed by atoms with Gasteiger partial charge in [0.05, 0.1) is 10.6 Å². The Morgan fingerprint density at radius 1 is 0.909 bits per heavy atom. The van der Waals surface area contributed by atoms with Crippen molar-refractivity contribution in [1.29, 1.82) is 0 Å². The predicted octanol–water partition coefficient (Wildman–Crippen LogP) is 4.71. The van der Waals surface area contributed by atoms with Crippen LogP contribution in [0.2, 0.25) is 0 Å². The predicted molar refractivity (Wildman–Crippen MR) is 93.6 cm³/mol. The van der Waals surface area contributed by atoms with Crippen molar-refractivity contribution in [1.82, 2.24) is 0 Å². The highest BCUT2D eigenvalue weighted by molar-refractivity contribution is 9.10. The van der Waals surface area contributed by atoms with Gasteiger partial charge in [0.15, 0.2) is 0 Å². The molecule has 5 heteroatoms. The molecule has 0 aliphatic carbocycles. The fourth-order valence-corrected chi connectivity index (χ4v) is 3.97. The van der Waals surface area contributed by atoms with Crippen molar-refractivity contribution in [2.75, 3.05) is 4.72 Å². The van der Waals surface area contributed by atoms with E-state index in [1.54, 1.807) is 30.3 Å². The first kappa shape index (κ1) is 15.1. The summed E-state index contributed by atoms with van der Waals surface area (Å²) in [6.07, 6.45) is 0. The normalized spacial score (nSPS) is 11.5. The lowest BCUT2D eigenvalue weighted by Gasteiger charge is -2.12. The van der Waals surface area contributed by atoms with Gasteiger partial charge in [-0.3, -0.25) is 4.72 Å². The van der Waals surface area contributed by atoms with E-state index in [1.807, 2.05) is 37.3 Å². The Labute approximate surface area is 138 Å². The second kappa shape index (κ2) is 5.74. The highest BCUT2D eigenvalue weighted by Crippen LogP contribution is 2.32. The average molecular weight is 376 g/mol. The number of anilines is 1. The van der Waals surface area contributed by atoms with Gasteiger partial charge in [-0.2, -0.15) is 0 Å². The van der Waals surface area contributed by atoms with Gasteiger partial charge in [0.25, 0.3) is 10.0 Å². The minimum absolute atomic E-state index is 0.252. The third-order valence-electron chi connectivity index (χ3n) is 3.43. The van der Waals surface area contributed by atoms with Crippen LogP contribution in [0.5, 0.6) is 0 Å². The maximum Gasteiger partial charge on any atom is 0.261 e. The Kier molecular flexibility index (Phi) is 3.93. The number of aryl methyl sites for hydroxylation is 1. The Balaban J connectivity index is 2.08. The Hall–Kier alpha value is -1.85. The van der Waals surface area contributed by atoms with Crippen LogP contribution >= 0.6 is 15.9 Å². The molecule has 0 aliphatic rings. The molecule has 0 spiro atoms. The van der Waals surface area contributed by atoms with Crippen molar-refractivity contribution < 1.29 is 8.42 Å². The van der Waals surface area contributed by atoms with Gasteiger partial charge in [-0.25, -0.2) is 8.42 Å². The van der Waals surface area contributed by atoms with E-state index in [9.17, 15) is 8.42 Å². The molecule has 0 bridgehead atoms. The first-order valence-corrected chi connectivity index (χ1v) is 9.02. The molecule has 3 nitrogen and oxygen atoms in total. The van der Waals surface area contributed by atoms with Crippen molar-refractivity contribution in [3.63, 3.8) is 0 Å². The van der Waals surface area contributed by atoms with Crippen molar-refractivity contribution in [2.45, 2.75) is 11.8 Å². The molecule has 3 aromatic carbocycles. The summed E-state index contributed by atoms with van der Waals surface area (Å²) in [5, 5.41) is 1.82. The zero-order valence-electron chi connectivity index (χ0n) is 11.9. The number of hydrogen-bond donors (Lipinski definition) is 1. The molecule has 0 aliphatic heterocycles. The van der Waals surface area contributed by atoms with E-state index >= 15 is 0 Å². The molecule has 0 amide bonds. The van der Waals surface area contributed by atoms with Crippen LogP contribution in [0.4, 0.5) is 5.69 Å². The smallest absolute Gasteiger partial charge is 0.261 e. The van der Waals surface area contributed by atoms with E-state index in [2.05, 4.69) is 20.7 Å². The summed E-state index contributed by atoms with van der Waals surface area (Å²) in [5.74, 6) is 0. The molecule has 112 valence electrons. The summed E-state index contributed by atoms with van der Waals surface area (Å²) in [7, 11) is -3.61. The molecule has 1 N–H and O–H groups in total. The maximum absolute atomic E-state index is 12.5. The highest BCUT2D eigenvalue weighted by atomic mass is 79.9. The van der Waals surface area contributed by atoms with E-state index in [1.165, 1.54) is 0 Å². The minimum Gasteiger partial charge on any atom is -0.279 e. The monoisotopic (exact) mass is 375 g/mol. The fraction of sp³-hybridized carbons (Fsp3) is 0.0588. The number of halogens is 1. The van der Waals surface area contributed by atoms with Gasteiger partial charge in [-0.15, -0.1) is 0 Å². The second-order valence-corrected chi connectivity index (χ2v) is 7.60. The summed E-state index contributed by atoms with van der Waals surface area (Å²) in [5.41, 5.74) is 1.58. The Bertz CT molecular complexity index is 929. The number of fused-ring (bicyclic) bond motifs is 1. The summed E-state index contributed by atoms with van der Waals surface area (Å²) >= 11 is 3.49. The van der Waals surface area contributed by atoms with Crippen molar-refractivity contribution in [3.05, 3.63) is 70.7 Å². The molecular formula is C17H14BrNO2S. The van der Waals surface area contributed by atoms with Gasteiger partial charge in [0, 0.05) is 9.86 Å². The summed E-state index contributed by atoms with van der Waals surface area (Å²) < 4.78 is 28.6. The van der Waals surface area contributed by atoms with Crippen LogP contribution in [0.15, 0.2) is 70.0 Å². The van der Waals surface area contributed by atoms with Crippen LogP contribution in [-0.4, -0.2) is 8.42 Å². The van der Waals surface area contributed by atoms with Crippen molar-refractivity contribution in [3.8, 4) is 0 Å². The number of rotatable bonds is 3. The van der Waals surface area contributed by atoms with Crippen molar-refractivity contribution >= 4 is 42.4 Å². The first-order chi connectivity index (χ1) is 10.5. The number of sulfonamides is 1. The molecule has 22 heavy (non-hydrogen) atoms. The van der Waals surface area contributed by atoms with Crippen LogP contribution in [0.3, 0.4) is 0 Å². The molecule has 0 atom stereocenters. The van der Waals surface area contributed by atoms with Crippen LogP contribution in [0, 0.1) is 6.92 Å². The third-order valence-corrected chi connectivity index (χ3v) is 5.47. The quantitative estimate of drug-likeness (QED) is 0.720. The SMILES string of the molecule is Cc1ccc(S(=O)(=O)Nc2cccc3cccc(Br)c23)cc1. The maximum atomic E-state index is 12.5. The van der Waals surface area contributed by atoms with Crippen LogP contribution in [-0.2, 0) is 10.0 Å². The zero-order chi connectivity index (χ0) is 15.7. The molecule has 3 aromatic rings. The van der Waals surface area contributed by atoms with Gasteiger partial charge in [-0.1, -0.05) is 57.9 Å². The largest absolute Gasteiger partial charge is 0.279 e. The first-order valence-electron chi connectivity index (χ1n) is 6.74. The molecule has 0 saturated heterocycles. The molecule has 0 fully saturated rings. The minimum atomic E-state index is -3.61. The van der Waals surface area contributed by atoms with Crippen LogP contribution in [0.25, 0.3) is 10.8 Å². The molecular weight excluding hydrogens is 362 g/mol. The lowest BCUT2D eigenvalue weighted by Crippen LogP contribution is -2.13.